The van der Waals surface area contributed by atoms with Crippen LogP contribution in [0.2, 0.25) is 0 Å². The molecule has 2 aromatic rings. The highest BCUT2D eigenvalue weighted by molar-refractivity contribution is 7.98. The van der Waals surface area contributed by atoms with Gasteiger partial charge in [0.1, 0.15) is 0 Å². The zero-order chi connectivity index (χ0) is 17.0. The number of rotatable bonds is 5. The summed E-state index contributed by atoms with van der Waals surface area (Å²) >= 11 is 1.29. The van der Waals surface area contributed by atoms with Crippen molar-refractivity contribution in [1.29, 1.82) is 0 Å². The molecule has 0 aliphatic rings. The highest BCUT2D eigenvalue weighted by atomic mass is 32.2. The predicted molar refractivity (Wildman–Crippen MR) is 91.9 cm³/mol. The van der Waals surface area contributed by atoms with Crippen molar-refractivity contribution in [2.75, 3.05) is 13.3 Å². The smallest absolute Gasteiger partial charge is 0.283 e. The number of hydrogen-bond donors (Lipinski definition) is 0. The van der Waals surface area contributed by atoms with Crippen LogP contribution in [0.5, 0.6) is 0 Å². The molecule has 0 spiro atoms. The third-order valence-electron chi connectivity index (χ3n) is 3.64. The van der Waals surface area contributed by atoms with Crippen molar-refractivity contribution in [3.8, 4) is 0 Å². The second kappa shape index (κ2) is 7.28. The van der Waals surface area contributed by atoms with Gasteiger partial charge in [0, 0.05) is 25.2 Å². The lowest BCUT2D eigenvalue weighted by atomic mass is 10.1. The van der Waals surface area contributed by atoms with Gasteiger partial charge in [0.05, 0.1) is 9.82 Å². The summed E-state index contributed by atoms with van der Waals surface area (Å²) in [6, 6.07) is 12.4. The molecule has 1 amide bonds. The van der Waals surface area contributed by atoms with E-state index in [9.17, 15) is 14.9 Å². The molecule has 0 aromatic heterocycles. The molecular weight excluding hydrogens is 312 g/mol. The first-order valence-electron chi connectivity index (χ1n) is 7.06. The first-order chi connectivity index (χ1) is 10.9. The van der Waals surface area contributed by atoms with E-state index < -0.39 is 4.92 Å². The maximum Gasteiger partial charge on any atom is 0.283 e. The molecule has 2 aromatic carbocycles. The molecule has 120 valence electrons. The Labute approximate surface area is 139 Å². The summed E-state index contributed by atoms with van der Waals surface area (Å²) in [5, 5.41) is 11.1. The van der Waals surface area contributed by atoms with Crippen LogP contribution < -0.4 is 0 Å². The minimum absolute atomic E-state index is 0.0346. The molecule has 23 heavy (non-hydrogen) atoms. The Kier molecular flexibility index (Phi) is 5.39. The zero-order valence-electron chi connectivity index (χ0n) is 13.3. The lowest BCUT2D eigenvalue weighted by molar-refractivity contribution is -0.387. The van der Waals surface area contributed by atoms with Crippen LogP contribution in [0.3, 0.4) is 0 Å². The first kappa shape index (κ1) is 17.0. The Morgan fingerprint density at radius 1 is 1.26 bits per heavy atom. The Hall–Kier alpha value is -2.34. The number of amides is 1. The molecular formula is C17H18N2O3S. The van der Waals surface area contributed by atoms with Gasteiger partial charge in [0.2, 0.25) is 0 Å². The second-order valence-electron chi connectivity index (χ2n) is 5.23. The van der Waals surface area contributed by atoms with Gasteiger partial charge in [-0.05, 0) is 36.4 Å². The van der Waals surface area contributed by atoms with Crippen LogP contribution in [0.25, 0.3) is 0 Å². The van der Waals surface area contributed by atoms with Crippen LogP contribution >= 0.6 is 11.8 Å². The lowest BCUT2D eigenvalue weighted by Crippen LogP contribution is -2.26. The Morgan fingerprint density at radius 3 is 2.57 bits per heavy atom. The largest absolute Gasteiger partial charge is 0.337 e. The van der Waals surface area contributed by atoms with Crippen LogP contribution in [0, 0.1) is 17.0 Å². The average Bonchev–Trinajstić information content (AvgIpc) is 2.55. The van der Waals surface area contributed by atoms with Gasteiger partial charge in [-0.1, -0.05) is 24.3 Å². The van der Waals surface area contributed by atoms with Crippen molar-refractivity contribution in [1.82, 2.24) is 4.90 Å². The molecule has 0 radical (unpaired) electrons. The van der Waals surface area contributed by atoms with Crippen molar-refractivity contribution in [2.45, 2.75) is 18.4 Å². The highest BCUT2D eigenvalue weighted by Crippen LogP contribution is 2.28. The number of aryl methyl sites for hydroxylation is 1. The van der Waals surface area contributed by atoms with E-state index in [4.69, 9.17) is 0 Å². The van der Waals surface area contributed by atoms with Gasteiger partial charge >= 0.3 is 0 Å². The van der Waals surface area contributed by atoms with Gasteiger partial charge in [0.25, 0.3) is 11.6 Å². The fourth-order valence-electron chi connectivity index (χ4n) is 2.30. The first-order valence-corrected chi connectivity index (χ1v) is 8.29. The average molecular weight is 330 g/mol. The molecule has 2 rings (SSSR count). The predicted octanol–water partition coefficient (Wildman–Crippen LogP) is 3.90. The van der Waals surface area contributed by atoms with E-state index in [1.165, 1.54) is 17.8 Å². The SMILES string of the molecule is CSc1ccc(C(=O)N(C)Cc2ccccc2C)cc1[N+](=O)[O-]. The van der Waals surface area contributed by atoms with Crippen molar-refractivity contribution in [3.05, 3.63) is 69.3 Å². The fraction of sp³-hybridized carbons (Fsp3) is 0.235. The molecule has 5 nitrogen and oxygen atoms in total. The van der Waals surface area contributed by atoms with E-state index in [2.05, 4.69) is 0 Å². The van der Waals surface area contributed by atoms with E-state index in [0.29, 0.717) is 17.0 Å². The highest BCUT2D eigenvalue weighted by Gasteiger charge is 2.19. The van der Waals surface area contributed by atoms with Gasteiger partial charge in [-0.3, -0.25) is 14.9 Å². The van der Waals surface area contributed by atoms with E-state index >= 15 is 0 Å². The van der Waals surface area contributed by atoms with E-state index in [0.717, 1.165) is 11.1 Å². The van der Waals surface area contributed by atoms with Crippen LogP contribution in [-0.4, -0.2) is 29.0 Å². The lowest BCUT2D eigenvalue weighted by Gasteiger charge is -2.18. The summed E-state index contributed by atoms with van der Waals surface area (Å²) in [5.74, 6) is -0.232. The zero-order valence-corrected chi connectivity index (χ0v) is 14.1. The van der Waals surface area contributed by atoms with Crippen LogP contribution in [-0.2, 0) is 6.54 Å². The quantitative estimate of drug-likeness (QED) is 0.474. The van der Waals surface area contributed by atoms with Gasteiger partial charge in [0.15, 0.2) is 0 Å². The number of nitro groups is 1. The number of nitro benzene ring substituents is 1. The number of hydrogen-bond acceptors (Lipinski definition) is 4. The Bertz CT molecular complexity index is 746. The topological polar surface area (TPSA) is 63.5 Å². The monoisotopic (exact) mass is 330 g/mol. The third kappa shape index (κ3) is 3.90. The summed E-state index contributed by atoms with van der Waals surface area (Å²) in [6.45, 7) is 2.45. The summed E-state index contributed by atoms with van der Waals surface area (Å²) in [6.07, 6.45) is 1.77. The van der Waals surface area contributed by atoms with Crippen molar-refractivity contribution >= 4 is 23.4 Å². The number of carbonyl (C=O) groups excluding carboxylic acids is 1. The third-order valence-corrected chi connectivity index (χ3v) is 4.42. The maximum atomic E-state index is 12.5. The molecule has 0 aliphatic heterocycles. The van der Waals surface area contributed by atoms with Crippen LogP contribution in [0.1, 0.15) is 21.5 Å². The molecule has 0 saturated heterocycles. The Morgan fingerprint density at radius 2 is 1.96 bits per heavy atom. The molecule has 0 N–H and O–H groups in total. The molecule has 6 heteroatoms. The number of nitrogens with zero attached hydrogens (tertiary/aromatic N) is 2. The van der Waals surface area contributed by atoms with Crippen LogP contribution in [0.4, 0.5) is 5.69 Å². The van der Waals surface area contributed by atoms with Gasteiger partial charge in [-0.15, -0.1) is 11.8 Å². The minimum Gasteiger partial charge on any atom is -0.337 e. The number of benzene rings is 2. The Balaban J connectivity index is 2.24. The molecule has 0 bridgehead atoms. The number of thioether (sulfide) groups is 1. The molecule has 0 atom stereocenters. The van der Waals surface area contributed by atoms with Crippen molar-refractivity contribution in [3.63, 3.8) is 0 Å². The molecule has 0 unspecified atom stereocenters. The molecule has 0 heterocycles. The van der Waals surface area contributed by atoms with Gasteiger partial charge in [-0.2, -0.15) is 0 Å². The number of carbonyl (C=O) groups is 1. The van der Waals surface area contributed by atoms with Crippen LogP contribution in [0.15, 0.2) is 47.4 Å². The second-order valence-corrected chi connectivity index (χ2v) is 6.08. The van der Waals surface area contributed by atoms with E-state index in [1.54, 1.807) is 30.3 Å². The van der Waals surface area contributed by atoms with Gasteiger partial charge < -0.3 is 4.90 Å². The molecule has 0 fully saturated rings. The summed E-state index contributed by atoms with van der Waals surface area (Å²) in [5.41, 5.74) is 2.45. The summed E-state index contributed by atoms with van der Waals surface area (Å²) in [4.78, 5) is 25.3. The van der Waals surface area contributed by atoms with E-state index in [-0.39, 0.29) is 11.6 Å². The van der Waals surface area contributed by atoms with E-state index in [1.807, 2.05) is 31.2 Å². The fourth-order valence-corrected chi connectivity index (χ4v) is 2.85. The van der Waals surface area contributed by atoms with Gasteiger partial charge in [-0.25, -0.2) is 0 Å². The maximum absolute atomic E-state index is 12.5. The van der Waals surface area contributed by atoms with Crippen molar-refractivity contribution in [2.24, 2.45) is 0 Å². The molecule has 0 saturated carbocycles. The minimum atomic E-state index is -0.454. The van der Waals surface area contributed by atoms with Crippen molar-refractivity contribution < 1.29 is 9.72 Å². The summed E-state index contributed by atoms with van der Waals surface area (Å²) in [7, 11) is 1.70. The molecule has 0 aliphatic carbocycles. The normalized spacial score (nSPS) is 10.4. The summed E-state index contributed by atoms with van der Waals surface area (Å²) < 4.78 is 0. The standard InChI is InChI=1S/C17H18N2O3S/c1-12-6-4-5-7-14(12)11-18(2)17(20)13-8-9-16(23-3)15(10-13)19(21)22/h4-10H,11H2,1-3H3.